The van der Waals surface area contributed by atoms with Crippen LogP contribution in [0.15, 0.2) is 0 Å². The van der Waals surface area contributed by atoms with Gasteiger partial charge in [0.05, 0.1) is 13.2 Å². The van der Waals surface area contributed by atoms with Gasteiger partial charge in [0.1, 0.15) is 0 Å². The molecule has 2 aliphatic rings. The van der Waals surface area contributed by atoms with E-state index in [-0.39, 0.29) is 11.9 Å². The van der Waals surface area contributed by atoms with Crippen LogP contribution in [0.3, 0.4) is 0 Å². The van der Waals surface area contributed by atoms with Crippen molar-refractivity contribution in [1.29, 1.82) is 0 Å². The fraction of sp³-hybridized carbons (Fsp3) is 0.938. The molecule has 0 radical (unpaired) electrons. The highest BCUT2D eigenvalue weighted by Gasteiger charge is 2.34. The highest BCUT2D eigenvalue weighted by molar-refractivity contribution is 5.76. The molecule has 2 rings (SSSR count). The van der Waals surface area contributed by atoms with Crippen LogP contribution in [0.25, 0.3) is 0 Å². The lowest BCUT2D eigenvalue weighted by atomic mass is 9.78. The van der Waals surface area contributed by atoms with Crippen molar-refractivity contribution in [3.63, 3.8) is 0 Å². The van der Waals surface area contributed by atoms with E-state index < -0.39 is 0 Å². The summed E-state index contributed by atoms with van der Waals surface area (Å²) in [7, 11) is 0. The molecule has 0 aromatic rings. The van der Waals surface area contributed by atoms with Gasteiger partial charge in [-0.2, -0.15) is 0 Å². The van der Waals surface area contributed by atoms with E-state index in [4.69, 9.17) is 4.74 Å². The number of nitrogens with one attached hydrogen (secondary N) is 2. The van der Waals surface area contributed by atoms with E-state index in [9.17, 15) is 4.79 Å². The van der Waals surface area contributed by atoms with Crippen LogP contribution in [0, 0.1) is 11.3 Å². The first-order valence-corrected chi connectivity index (χ1v) is 8.17. The molecule has 1 saturated carbocycles. The zero-order valence-corrected chi connectivity index (χ0v) is 13.0. The maximum absolute atomic E-state index is 12.1. The monoisotopic (exact) mass is 282 g/mol. The van der Waals surface area contributed by atoms with Gasteiger partial charge in [-0.25, -0.2) is 0 Å². The molecule has 2 N–H and O–H groups in total. The summed E-state index contributed by atoms with van der Waals surface area (Å²) in [6, 6.07) is 0.188. The van der Waals surface area contributed by atoms with E-state index in [0.717, 1.165) is 19.7 Å². The van der Waals surface area contributed by atoms with Crippen LogP contribution in [-0.2, 0) is 9.53 Å². The highest BCUT2D eigenvalue weighted by atomic mass is 16.5. The van der Waals surface area contributed by atoms with Gasteiger partial charge in [0.25, 0.3) is 0 Å². The van der Waals surface area contributed by atoms with Gasteiger partial charge in [-0.1, -0.05) is 26.7 Å². The van der Waals surface area contributed by atoms with Crippen LogP contribution in [-0.4, -0.2) is 38.3 Å². The zero-order chi connectivity index (χ0) is 14.4. The van der Waals surface area contributed by atoms with Gasteiger partial charge >= 0.3 is 0 Å². The fourth-order valence-corrected chi connectivity index (χ4v) is 3.78. The average molecular weight is 282 g/mol. The quantitative estimate of drug-likeness (QED) is 0.784. The second kappa shape index (κ2) is 7.41. The molecule has 20 heavy (non-hydrogen) atoms. The molecule has 1 aliphatic carbocycles. The number of carbonyl (C=O) groups excluding carboxylic acids is 1. The van der Waals surface area contributed by atoms with Gasteiger partial charge in [0, 0.05) is 25.6 Å². The summed E-state index contributed by atoms with van der Waals surface area (Å²) in [6.07, 6.45) is 6.96. The smallest absolute Gasteiger partial charge is 0.221 e. The molecule has 116 valence electrons. The lowest BCUT2D eigenvalue weighted by molar-refractivity contribution is -0.122. The number of morpholine rings is 1. The maximum Gasteiger partial charge on any atom is 0.221 e. The second-order valence-electron chi connectivity index (χ2n) is 7.01. The van der Waals surface area contributed by atoms with Crippen molar-refractivity contribution in [1.82, 2.24) is 10.6 Å². The summed E-state index contributed by atoms with van der Waals surface area (Å²) in [5.41, 5.74) is 0.361. The minimum Gasteiger partial charge on any atom is -0.378 e. The van der Waals surface area contributed by atoms with Crippen molar-refractivity contribution in [3.8, 4) is 0 Å². The molecule has 1 heterocycles. The average Bonchev–Trinajstić information content (AvgIpc) is 2.86. The third kappa shape index (κ3) is 4.74. The Kier molecular flexibility index (Phi) is 5.85. The Morgan fingerprint density at radius 1 is 1.40 bits per heavy atom. The van der Waals surface area contributed by atoms with Crippen LogP contribution in [0.1, 0.15) is 52.4 Å². The first kappa shape index (κ1) is 15.8. The molecule has 1 unspecified atom stereocenters. The summed E-state index contributed by atoms with van der Waals surface area (Å²) in [4.78, 5) is 12.1. The van der Waals surface area contributed by atoms with E-state index in [0.29, 0.717) is 24.4 Å². The number of amides is 1. The summed E-state index contributed by atoms with van der Waals surface area (Å²) in [6.45, 7) is 7.70. The SMILES string of the molecule is CC(C)CC1(CNC(=O)CC2COCCN2)CCCC1. The molecule has 1 saturated heterocycles. The molecule has 0 spiro atoms. The Labute approximate surface area is 123 Å². The van der Waals surface area contributed by atoms with Crippen LogP contribution >= 0.6 is 0 Å². The largest absolute Gasteiger partial charge is 0.378 e. The summed E-state index contributed by atoms with van der Waals surface area (Å²) in [5.74, 6) is 0.876. The van der Waals surface area contributed by atoms with Crippen molar-refractivity contribution >= 4 is 5.91 Å². The minimum atomic E-state index is 0.169. The van der Waals surface area contributed by atoms with Crippen LogP contribution in [0.5, 0.6) is 0 Å². The number of carbonyl (C=O) groups is 1. The van der Waals surface area contributed by atoms with Crippen molar-refractivity contribution < 1.29 is 9.53 Å². The van der Waals surface area contributed by atoms with E-state index in [1.54, 1.807) is 0 Å². The molecule has 1 atom stereocenters. The Balaban J connectivity index is 1.75. The van der Waals surface area contributed by atoms with Crippen molar-refractivity contribution in [3.05, 3.63) is 0 Å². The van der Waals surface area contributed by atoms with Gasteiger partial charge in [-0.05, 0) is 30.6 Å². The zero-order valence-electron chi connectivity index (χ0n) is 13.0. The van der Waals surface area contributed by atoms with E-state index >= 15 is 0 Å². The summed E-state index contributed by atoms with van der Waals surface area (Å²) in [5, 5.41) is 6.52. The Morgan fingerprint density at radius 2 is 2.15 bits per heavy atom. The third-order valence-corrected chi connectivity index (χ3v) is 4.60. The predicted octanol–water partition coefficient (Wildman–Crippen LogP) is 2.09. The number of rotatable bonds is 6. The fourth-order valence-electron chi connectivity index (χ4n) is 3.78. The molecule has 4 nitrogen and oxygen atoms in total. The number of hydrogen-bond donors (Lipinski definition) is 2. The van der Waals surface area contributed by atoms with Gasteiger partial charge in [0.2, 0.25) is 5.91 Å². The second-order valence-corrected chi connectivity index (χ2v) is 7.01. The van der Waals surface area contributed by atoms with Crippen molar-refractivity contribution in [2.45, 2.75) is 58.4 Å². The van der Waals surface area contributed by atoms with Gasteiger partial charge in [-0.3, -0.25) is 4.79 Å². The van der Waals surface area contributed by atoms with Crippen LogP contribution < -0.4 is 10.6 Å². The lowest BCUT2D eigenvalue weighted by Gasteiger charge is -2.31. The standard InChI is InChI=1S/C16H30N2O2/c1-13(2)10-16(5-3-4-6-16)12-18-15(19)9-14-11-20-8-7-17-14/h13-14,17H,3-12H2,1-2H3,(H,18,19). The normalized spacial score (nSPS) is 25.9. The van der Waals surface area contributed by atoms with E-state index in [2.05, 4.69) is 24.5 Å². The van der Waals surface area contributed by atoms with Crippen LogP contribution in [0.4, 0.5) is 0 Å². The van der Waals surface area contributed by atoms with Gasteiger partial charge in [0.15, 0.2) is 0 Å². The number of hydrogen-bond acceptors (Lipinski definition) is 3. The Morgan fingerprint density at radius 3 is 2.75 bits per heavy atom. The highest BCUT2D eigenvalue weighted by Crippen LogP contribution is 2.42. The van der Waals surface area contributed by atoms with Crippen molar-refractivity contribution in [2.24, 2.45) is 11.3 Å². The van der Waals surface area contributed by atoms with Gasteiger partial charge < -0.3 is 15.4 Å². The Bertz CT molecular complexity index is 306. The third-order valence-electron chi connectivity index (χ3n) is 4.60. The predicted molar refractivity (Wildman–Crippen MR) is 80.6 cm³/mol. The molecule has 2 fully saturated rings. The molecular weight excluding hydrogens is 252 g/mol. The van der Waals surface area contributed by atoms with E-state index in [1.807, 2.05) is 0 Å². The first-order valence-electron chi connectivity index (χ1n) is 8.17. The minimum absolute atomic E-state index is 0.169. The van der Waals surface area contributed by atoms with E-state index in [1.165, 1.54) is 32.1 Å². The molecule has 0 aromatic carbocycles. The maximum atomic E-state index is 12.1. The Hall–Kier alpha value is -0.610. The molecule has 0 aromatic heterocycles. The van der Waals surface area contributed by atoms with Crippen molar-refractivity contribution in [2.75, 3.05) is 26.3 Å². The number of ether oxygens (including phenoxy) is 1. The molecule has 1 aliphatic heterocycles. The summed E-state index contributed by atoms with van der Waals surface area (Å²) < 4.78 is 5.39. The van der Waals surface area contributed by atoms with Crippen LogP contribution in [0.2, 0.25) is 0 Å². The topological polar surface area (TPSA) is 50.4 Å². The molecule has 4 heteroatoms. The lowest BCUT2D eigenvalue weighted by Crippen LogP contribution is -2.45. The first-order chi connectivity index (χ1) is 9.60. The van der Waals surface area contributed by atoms with Gasteiger partial charge in [-0.15, -0.1) is 0 Å². The molecular formula is C16H30N2O2. The molecule has 1 amide bonds. The summed E-state index contributed by atoms with van der Waals surface area (Å²) >= 11 is 0. The molecule has 0 bridgehead atoms.